The molecule has 34 heavy (non-hydrogen) atoms. The van der Waals surface area contributed by atoms with Gasteiger partial charge in [0.05, 0.1) is 11.0 Å². The highest BCUT2D eigenvalue weighted by molar-refractivity contribution is 6.22. The molecular formula is C33H21N. The van der Waals surface area contributed by atoms with Crippen molar-refractivity contribution in [3.8, 4) is 16.8 Å². The Labute approximate surface area is 197 Å². The van der Waals surface area contributed by atoms with Gasteiger partial charge >= 0.3 is 0 Å². The maximum Gasteiger partial charge on any atom is 0.0582 e. The van der Waals surface area contributed by atoms with E-state index in [1.165, 1.54) is 71.3 Å². The first kappa shape index (κ1) is 18.1. The van der Waals surface area contributed by atoms with Crippen molar-refractivity contribution in [3.05, 3.63) is 126 Å². The molecule has 1 heterocycles. The summed E-state index contributed by atoms with van der Waals surface area (Å²) in [6.07, 6.45) is 0.966. The first-order valence-electron chi connectivity index (χ1n) is 11.9. The largest absolute Gasteiger partial charge is 0.309 e. The van der Waals surface area contributed by atoms with Crippen molar-refractivity contribution in [1.82, 2.24) is 4.57 Å². The average Bonchev–Trinajstić information content (AvgIpc) is 3.43. The molecule has 1 aromatic heterocycles. The number of hydrogen-bond acceptors (Lipinski definition) is 0. The van der Waals surface area contributed by atoms with E-state index in [0.29, 0.717) is 0 Å². The molecule has 0 fully saturated rings. The Bertz CT molecular complexity index is 1920. The first-order valence-corrected chi connectivity index (χ1v) is 11.9. The van der Waals surface area contributed by atoms with Crippen molar-refractivity contribution in [3.63, 3.8) is 0 Å². The minimum absolute atomic E-state index is 0.966. The van der Waals surface area contributed by atoms with Gasteiger partial charge in [0.2, 0.25) is 0 Å². The topological polar surface area (TPSA) is 4.93 Å². The van der Waals surface area contributed by atoms with E-state index in [0.717, 1.165) is 6.42 Å². The van der Waals surface area contributed by atoms with Crippen LogP contribution in [-0.4, -0.2) is 4.57 Å². The zero-order chi connectivity index (χ0) is 22.2. The lowest BCUT2D eigenvalue weighted by Gasteiger charge is -2.11. The van der Waals surface area contributed by atoms with Crippen LogP contribution in [0.25, 0.3) is 60.2 Å². The molecule has 0 radical (unpaired) electrons. The van der Waals surface area contributed by atoms with Crippen LogP contribution < -0.4 is 0 Å². The van der Waals surface area contributed by atoms with Crippen LogP contribution >= 0.6 is 0 Å². The van der Waals surface area contributed by atoms with Gasteiger partial charge in [-0.1, -0.05) is 91.0 Å². The molecule has 0 saturated carbocycles. The van der Waals surface area contributed by atoms with E-state index < -0.39 is 0 Å². The maximum absolute atomic E-state index is 2.49. The second-order valence-corrected chi connectivity index (χ2v) is 9.37. The summed E-state index contributed by atoms with van der Waals surface area (Å²) in [5, 5.41) is 7.93. The minimum Gasteiger partial charge on any atom is -0.309 e. The van der Waals surface area contributed by atoms with E-state index in [4.69, 9.17) is 0 Å². The number of fused-ring (bicyclic) bond motifs is 10. The van der Waals surface area contributed by atoms with Crippen LogP contribution in [0.2, 0.25) is 0 Å². The van der Waals surface area contributed by atoms with Crippen molar-refractivity contribution in [2.75, 3.05) is 0 Å². The Kier molecular flexibility index (Phi) is 3.51. The van der Waals surface area contributed by atoms with Crippen LogP contribution in [0, 0.1) is 0 Å². The Balaban J connectivity index is 1.55. The van der Waals surface area contributed by atoms with Gasteiger partial charge in [-0.15, -0.1) is 0 Å². The second-order valence-electron chi connectivity index (χ2n) is 9.37. The highest BCUT2D eigenvalue weighted by atomic mass is 15.0. The Morgan fingerprint density at radius 3 is 2.12 bits per heavy atom. The molecule has 158 valence electrons. The quantitative estimate of drug-likeness (QED) is 0.245. The average molecular weight is 432 g/mol. The molecule has 7 aromatic rings. The summed E-state index contributed by atoms with van der Waals surface area (Å²) >= 11 is 0. The van der Waals surface area contributed by atoms with E-state index in [9.17, 15) is 0 Å². The summed E-state index contributed by atoms with van der Waals surface area (Å²) in [5.74, 6) is 0. The molecule has 0 saturated heterocycles. The molecule has 0 atom stereocenters. The number of rotatable bonds is 1. The fourth-order valence-corrected chi connectivity index (χ4v) is 6.09. The number of nitrogens with zero attached hydrogens (tertiary/aromatic N) is 1. The van der Waals surface area contributed by atoms with Gasteiger partial charge in [-0.25, -0.2) is 0 Å². The molecule has 1 aliphatic carbocycles. The van der Waals surface area contributed by atoms with Crippen LogP contribution in [0.15, 0.2) is 115 Å². The van der Waals surface area contributed by atoms with E-state index in [1.807, 2.05) is 0 Å². The summed E-state index contributed by atoms with van der Waals surface area (Å²) < 4.78 is 2.49. The van der Waals surface area contributed by atoms with Gasteiger partial charge in [-0.05, 0) is 68.1 Å². The first-order chi connectivity index (χ1) is 16.9. The number of aromatic nitrogens is 1. The van der Waals surface area contributed by atoms with Crippen LogP contribution in [0.4, 0.5) is 0 Å². The molecule has 0 unspecified atom stereocenters. The molecule has 1 heteroatoms. The van der Waals surface area contributed by atoms with E-state index in [2.05, 4.69) is 120 Å². The van der Waals surface area contributed by atoms with Gasteiger partial charge in [0.25, 0.3) is 0 Å². The standard InChI is InChI=1S/C33H21N/c1-2-11-25(12-3-1)34-31-17-14-21-8-6-7-13-26(21)32(31)28-16-15-27-29-19-23-10-5-4-9-22(23)18-24(29)20-30(27)33(28)34/h1-19H,20H2. The zero-order valence-corrected chi connectivity index (χ0v) is 18.6. The smallest absolute Gasteiger partial charge is 0.0582 e. The van der Waals surface area contributed by atoms with Gasteiger partial charge in [0, 0.05) is 22.9 Å². The molecular weight excluding hydrogens is 410 g/mol. The van der Waals surface area contributed by atoms with Gasteiger partial charge < -0.3 is 4.57 Å². The summed E-state index contributed by atoms with van der Waals surface area (Å²) in [5.41, 5.74) is 9.45. The highest BCUT2D eigenvalue weighted by Crippen LogP contribution is 2.46. The molecule has 0 aliphatic heterocycles. The van der Waals surface area contributed by atoms with E-state index >= 15 is 0 Å². The number of benzene rings is 6. The summed E-state index contributed by atoms with van der Waals surface area (Å²) in [7, 11) is 0. The lowest BCUT2D eigenvalue weighted by atomic mass is 9.99. The molecule has 8 rings (SSSR count). The molecule has 0 amide bonds. The third kappa shape index (κ3) is 2.34. The molecule has 1 nitrogen and oxygen atoms in total. The van der Waals surface area contributed by atoms with Crippen molar-refractivity contribution in [1.29, 1.82) is 0 Å². The van der Waals surface area contributed by atoms with Crippen LogP contribution in [0.5, 0.6) is 0 Å². The Hall–Kier alpha value is -4.36. The fourth-order valence-electron chi connectivity index (χ4n) is 6.09. The van der Waals surface area contributed by atoms with Gasteiger partial charge in [-0.2, -0.15) is 0 Å². The maximum atomic E-state index is 2.49. The lowest BCUT2D eigenvalue weighted by molar-refractivity contribution is 1.15. The second kappa shape index (κ2) is 6.59. The third-order valence-corrected chi connectivity index (χ3v) is 7.57. The van der Waals surface area contributed by atoms with Gasteiger partial charge in [0.1, 0.15) is 0 Å². The normalized spacial score (nSPS) is 12.6. The SMILES string of the molecule is c1ccc(-n2c3ccc4ccccc4c3c3ccc4c(c32)Cc2cc3ccccc3cc2-4)cc1. The number of para-hydroxylation sites is 1. The van der Waals surface area contributed by atoms with Crippen molar-refractivity contribution < 1.29 is 0 Å². The molecule has 0 spiro atoms. The Morgan fingerprint density at radius 1 is 0.529 bits per heavy atom. The zero-order valence-electron chi connectivity index (χ0n) is 18.6. The Morgan fingerprint density at radius 2 is 1.26 bits per heavy atom. The molecule has 1 aliphatic rings. The minimum atomic E-state index is 0.966. The van der Waals surface area contributed by atoms with Crippen LogP contribution in [-0.2, 0) is 6.42 Å². The summed E-state index contributed by atoms with van der Waals surface area (Å²) in [4.78, 5) is 0. The van der Waals surface area contributed by atoms with Crippen LogP contribution in [0.1, 0.15) is 11.1 Å². The summed E-state index contributed by atoms with van der Waals surface area (Å²) in [6.45, 7) is 0. The number of hydrogen-bond donors (Lipinski definition) is 0. The summed E-state index contributed by atoms with van der Waals surface area (Å²) in [6, 6.07) is 42.3. The van der Waals surface area contributed by atoms with Gasteiger partial charge in [-0.3, -0.25) is 0 Å². The van der Waals surface area contributed by atoms with Crippen molar-refractivity contribution in [2.45, 2.75) is 6.42 Å². The van der Waals surface area contributed by atoms with Crippen molar-refractivity contribution >= 4 is 43.4 Å². The molecule has 6 aromatic carbocycles. The van der Waals surface area contributed by atoms with Crippen molar-refractivity contribution in [2.24, 2.45) is 0 Å². The third-order valence-electron chi connectivity index (χ3n) is 7.57. The predicted molar refractivity (Wildman–Crippen MR) is 144 cm³/mol. The van der Waals surface area contributed by atoms with Crippen LogP contribution in [0.3, 0.4) is 0 Å². The lowest BCUT2D eigenvalue weighted by Crippen LogP contribution is -1.96. The predicted octanol–water partition coefficient (Wildman–Crippen LogP) is 8.66. The highest BCUT2D eigenvalue weighted by Gasteiger charge is 2.25. The van der Waals surface area contributed by atoms with E-state index in [-0.39, 0.29) is 0 Å². The molecule has 0 N–H and O–H groups in total. The molecule has 0 bridgehead atoms. The fraction of sp³-hybridized carbons (Fsp3) is 0.0303. The van der Waals surface area contributed by atoms with Gasteiger partial charge in [0.15, 0.2) is 0 Å². The monoisotopic (exact) mass is 431 g/mol. The van der Waals surface area contributed by atoms with E-state index in [1.54, 1.807) is 0 Å².